The van der Waals surface area contributed by atoms with Crippen LogP contribution in [0.2, 0.25) is 0 Å². The molecule has 1 unspecified atom stereocenters. The standard InChI is InChI=1S/C59H98N2O17.CH4/c1-31(2)24-44(62)75-50-38(9)49(33(4)29-71-57-53(69-17)52(68-16)46(63)41(12)74-57)77-55(66)40(11)51(76-45-25-34(5)61(28-36(7)72-45)30-58(13,14)42-22-20-19-21-23-42)37(8)48(32(3)27-59(15,67)54(65)39(50)10)78-56-47(64)43(60-70-18)26-35(6)73-56;/h19-23,31-41,45-53,56-57,63-64,67H,24-30H2,1-18H3;1H4/b60-43+;/t32-,33-,34?,35+,36-,37+,38-,39+,40+,41+,45-,46+,47+,48-,49+,50+,51-,52+,53+,56-,57+,59-;/m0./s1. The van der Waals surface area contributed by atoms with Gasteiger partial charge in [0.25, 0.3) is 0 Å². The molecule has 79 heavy (non-hydrogen) atoms. The van der Waals surface area contributed by atoms with Crippen molar-refractivity contribution in [3.8, 4) is 0 Å². The van der Waals surface area contributed by atoms with Gasteiger partial charge in [0.15, 0.2) is 24.7 Å². The predicted octanol–water partition coefficient (Wildman–Crippen LogP) is 7.26. The number of esters is 2. The molecule has 0 saturated carbocycles. The molecule has 0 bridgehead atoms. The molecule has 0 aromatic heterocycles. The van der Waals surface area contributed by atoms with Crippen LogP contribution in [0.5, 0.6) is 0 Å². The summed E-state index contributed by atoms with van der Waals surface area (Å²) in [4.78, 5) is 51.8. The van der Waals surface area contributed by atoms with Gasteiger partial charge >= 0.3 is 11.9 Å². The number of ether oxygens (including phenoxy) is 10. The van der Waals surface area contributed by atoms with Crippen molar-refractivity contribution < 1.29 is 81.9 Å². The van der Waals surface area contributed by atoms with Crippen molar-refractivity contribution in [3.05, 3.63) is 35.9 Å². The molecular weight excluding hydrogens is 1020 g/mol. The minimum Gasteiger partial charge on any atom is -0.461 e. The molecular formula is C60H102N2O17. The van der Waals surface area contributed by atoms with E-state index >= 15 is 9.59 Å². The highest BCUT2D eigenvalue weighted by Gasteiger charge is 2.51. The zero-order valence-corrected chi connectivity index (χ0v) is 50.0. The first-order valence-electron chi connectivity index (χ1n) is 28.4. The molecule has 0 spiro atoms. The third-order valence-corrected chi connectivity index (χ3v) is 16.6. The highest BCUT2D eigenvalue weighted by Crippen LogP contribution is 2.40. The van der Waals surface area contributed by atoms with Crippen LogP contribution < -0.4 is 0 Å². The van der Waals surface area contributed by atoms with Gasteiger partial charge in [0.1, 0.15) is 49.3 Å². The van der Waals surface area contributed by atoms with E-state index in [0.717, 1.165) is 6.54 Å². The first kappa shape index (κ1) is 68.3. The van der Waals surface area contributed by atoms with E-state index in [-0.39, 0.29) is 56.8 Å². The predicted molar refractivity (Wildman–Crippen MR) is 298 cm³/mol. The topological polar surface area (TPSA) is 229 Å². The molecule has 22 atom stereocenters. The number of hydrogen-bond acceptors (Lipinski definition) is 19. The summed E-state index contributed by atoms with van der Waals surface area (Å²) < 4.78 is 64.1. The second-order valence-electron chi connectivity index (χ2n) is 24.6. The zero-order valence-electron chi connectivity index (χ0n) is 50.0. The maximum atomic E-state index is 15.4. The van der Waals surface area contributed by atoms with Gasteiger partial charge in [0.05, 0.1) is 54.7 Å². The van der Waals surface area contributed by atoms with E-state index in [0.29, 0.717) is 18.7 Å². The maximum absolute atomic E-state index is 15.4. The fourth-order valence-corrected chi connectivity index (χ4v) is 12.3. The summed E-state index contributed by atoms with van der Waals surface area (Å²) in [5, 5.41) is 39.3. The fraction of sp³-hybridized carbons (Fsp3) is 0.833. The molecule has 0 radical (unpaired) electrons. The molecule has 4 saturated heterocycles. The Hall–Kier alpha value is -3.18. The number of Topliss-reactive ketones (excluding diaryl/α,β-unsaturated/α-hetero) is 1. The van der Waals surface area contributed by atoms with Crippen LogP contribution in [0, 0.1) is 41.4 Å². The summed E-state index contributed by atoms with van der Waals surface area (Å²) in [5.74, 6) is -6.99. The van der Waals surface area contributed by atoms with E-state index in [1.165, 1.54) is 33.8 Å². The van der Waals surface area contributed by atoms with Crippen molar-refractivity contribution in [2.45, 2.75) is 240 Å². The smallest absolute Gasteiger partial charge is 0.311 e. The zero-order chi connectivity index (χ0) is 58.1. The largest absolute Gasteiger partial charge is 0.461 e. The van der Waals surface area contributed by atoms with Crippen LogP contribution in [0.4, 0.5) is 0 Å². The van der Waals surface area contributed by atoms with Crippen LogP contribution in [-0.2, 0) is 72.0 Å². The third-order valence-electron chi connectivity index (χ3n) is 16.6. The molecule has 5 rings (SSSR count). The summed E-state index contributed by atoms with van der Waals surface area (Å²) in [6.07, 6.45) is -12.2. The summed E-state index contributed by atoms with van der Waals surface area (Å²) >= 11 is 0. The van der Waals surface area contributed by atoms with Gasteiger partial charge < -0.3 is 67.5 Å². The van der Waals surface area contributed by atoms with Crippen LogP contribution in [0.15, 0.2) is 35.5 Å². The third kappa shape index (κ3) is 17.4. The summed E-state index contributed by atoms with van der Waals surface area (Å²) in [7, 11) is 4.32. The second-order valence-corrected chi connectivity index (χ2v) is 24.6. The molecule has 1 aromatic rings. The Morgan fingerprint density at radius 3 is 2.08 bits per heavy atom. The van der Waals surface area contributed by atoms with Gasteiger partial charge in [0.2, 0.25) is 0 Å². The molecule has 0 aliphatic carbocycles. The lowest BCUT2D eigenvalue weighted by molar-refractivity contribution is -0.305. The number of carbonyl (C=O) groups excluding carboxylic acids is 3. The number of benzene rings is 1. The Morgan fingerprint density at radius 1 is 0.823 bits per heavy atom. The van der Waals surface area contributed by atoms with Gasteiger partial charge in [-0.25, -0.2) is 0 Å². The lowest BCUT2D eigenvalue weighted by Gasteiger charge is -2.44. The maximum Gasteiger partial charge on any atom is 0.311 e. The Labute approximate surface area is 472 Å². The van der Waals surface area contributed by atoms with Crippen molar-refractivity contribution in [2.24, 2.45) is 46.6 Å². The molecule has 4 fully saturated rings. The van der Waals surface area contributed by atoms with Crippen LogP contribution in [0.1, 0.15) is 143 Å². The molecule has 4 aliphatic rings. The Bertz CT molecular complexity index is 2080. The summed E-state index contributed by atoms with van der Waals surface area (Å²) in [6.45, 7) is 29.3. The Balaban J connectivity index is 0.0000134. The summed E-state index contributed by atoms with van der Waals surface area (Å²) in [6, 6.07) is 10.4. The minimum absolute atomic E-state index is 0. The minimum atomic E-state index is -2.03. The highest BCUT2D eigenvalue weighted by atomic mass is 16.7. The van der Waals surface area contributed by atoms with Crippen molar-refractivity contribution in [1.29, 1.82) is 0 Å². The normalized spacial score (nSPS) is 39.7. The van der Waals surface area contributed by atoms with Gasteiger partial charge in [-0.3, -0.25) is 19.3 Å². The van der Waals surface area contributed by atoms with Gasteiger partial charge in [-0.1, -0.05) is 105 Å². The molecule has 19 heteroatoms. The number of methoxy groups -OCH3 is 2. The van der Waals surface area contributed by atoms with Crippen LogP contribution in [0.25, 0.3) is 0 Å². The fourth-order valence-electron chi connectivity index (χ4n) is 12.3. The van der Waals surface area contributed by atoms with Gasteiger partial charge in [-0.15, -0.1) is 0 Å². The number of rotatable bonds is 17. The molecule has 0 amide bonds. The van der Waals surface area contributed by atoms with Crippen molar-refractivity contribution >= 4 is 23.4 Å². The van der Waals surface area contributed by atoms with Crippen molar-refractivity contribution in [1.82, 2.24) is 4.90 Å². The molecule has 454 valence electrons. The van der Waals surface area contributed by atoms with Crippen LogP contribution in [0.3, 0.4) is 0 Å². The van der Waals surface area contributed by atoms with Gasteiger partial charge in [-0.2, -0.15) is 0 Å². The van der Waals surface area contributed by atoms with E-state index in [4.69, 9.17) is 52.2 Å². The highest BCUT2D eigenvalue weighted by molar-refractivity contribution is 5.90. The van der Waals surface area contributed by atoms with Gasteiger partial charge in [-0.05, 0) is 65.4 Å². The number of oxime groups is 1. The molecule has 3 N–H and O–H groups in total. The number of hydrogen-bond donors (Lipinski definition) is 3. The number of ketones is 1. The number of aliphatic hydroxyl groups excluding tert-OH is 2. The molecule has 1 aromatic carbocycles. The number of nitrogens with zero attached hydrogens (tertiary/aromatic N) is 2. The van der Waals surface area contributed by atoms with Crippen molar-refractivity contribution in [2.75, 3.05) is 41.0 Å². The van der Waals surface area contributed by atoms with Crippen LogP contribution in [-0.4, -0.2) is 182 Å². The molecule has 19 nitrogen and oxygen atoms in total. The monoisotopic (exact) mass is 1120 g/mol. The number of aliphatic hydroxyl groups is 3. The lowest BCUT2D eigenvalue weighted by atomic mass is 9.74. The second kappa shape index (κ2) is 29.9. The van der Waals surface area contributed by atoms with Gasteiger partial charge in [0, 0.05) is 75.8 Å². The van der Waals surface area contributed by atoms with E-state index in [1.807, 2.05) is 54.5 Å². The van der Waals surface area contributed by atoms with E-state index in [1.54, 1.807) is 27.7 Å². The quantitative estimate of drug-likeness (QED) is 0.103. The Morgan fingerprint density at radius 2 is 1.47 bits per heavy atom. The van der Waals surface area contributed by atoms with E-state index < -0.39 is 139 Å². The van der Waals surface area contributed by atoms with Crippen molar-refractivity contribution in [3.63, 3.8) is 0 Å². The molecule has 4 aliphatic heterocycles. The Kier molecular flexibility index (Phi) is 25.8. The number of cyclic esters (lactones) is 1. The summed E-state index contributed by atoms with van der Waals surface area (Å²) in [5.41, 5.74) is -0.704. The average Bonchev–Trinajstić information content (AvgIpc) is 3.51. The first-order chi connectivity index (χ1) is 36.5. The first-order valence-corrected chi connectivity index (χ1v) is 28.4. The van der Waals surface area contributed by atoms with E-state index in [9.17, 15) is 20.1 Å². The average molecular weight is 1120 g/mol. The molecule has 4 heterocycles. The lowest BCUT2D eigenvalue weighted by Crippen LogP contribution is -2.59. The SMILES string of the molecule is C.CO/N=C1\C[C@@H](C)O[C@@H](O[C@@H]2[C@@H](C)[C@H](O[C@H]3CC(C)N(CC(C)(C)c4ccccc4)C[C@H](C)O3)[C@@H](C)C(=O)O[C@H]([C@@H](C)CO[C@@H]3O[C@H](C)[C@@H](O)[C@@H](OC)[C@H]3OC)[C@H](C)[C@@H](OC(=O)CC(C)C)[C@@H](C)C(=O)[C@@](C)(O)C[C@@H]2C)[C@@H]1O. The number of carbonyl (C=O) groups is 3. The van der Waals surface area contributed by atoms with Crippen LogP contribution >= 0.6 is 0 Å². The van der Waals surface area contributed by atoms with E-state index in [2.05, 4.69) is 55.1 Å².